The number of ether oxygens (including phenoxy) is 1. The van der Waals surface area contributed by atoms with Crippen molar-refractivity contribution in [2.45, 2.75) is 24.9 Å². The molecule has 2 heterocycles. The van der Waals surface area contributed by atoms with E-state index in [2.05, 4.69) is 10.6 Å². The van der Waals surface area contributed by atoms with Gasteiger partial charge in [-0.3, -0.25) is 14.5 Å². The van der Waals surface area contributed by atoms with Gasteiger partial charge in [-0.05, 0) is 12.8 Å². The normalized spacial score (nSPS) is 24.6. The number of amides is 2. The third kappa shape index (κ3) is 4.66. The van der Waals surface area contributed by atoms with Crippen LogP contribution in [-0.2, 0) is 14.3 Å². The molecule has 120 valence electrons. The molecule has 1 unspecified atom stereocenters. The molecule has 2 fully saturated rings. The number of nitrogens with one attached hydrogen (secondary N) is 2. The molecule has 2 aliphatic rings. The fourth-order valence-electron chi connectivity index (χ4n) is 2.78. The van der Waals surface area contributed by atoms with Crippen LogP contribution >= 0.6 is 0 Å². The van der Waals surface area contributed by atoms with Crippen molar-refractivity contribution < 1.29 is 14.3 Å². The third-order valence-corrected chi connectivity index (χ3v) is 4.01. The van der Waals surface area contributed by atoms with Gasteiger partial charge in [-0.25, -0.2) is 0 Å². The number of nitrogens with zero attached hydrogens (tertiary/aromatic N) is 2. The van der Waals surface area contributed by atoms with E-state index < -0.39 is 0 Å². The van der Waals surface area contributed by atoms with Crippen LogP contribution < -0.4 is 10.6 Å². The van der Waals surface area contributed by atoms with Crippen LogP contribution in [0.2, 0.25) is 0 Å². The summed E-state index contributed by atoms with van der Waals surface area (Å²) in [4.78, 5) is 27.9. The average molecular weight is 298 g/mol. The summed E-state index contributed by atoms with van der Waals surface area (Å²) in [7, 11) is 3.49. The second kappa shape index (κ2) is 7.72. The van der Waals surface area contributed by atoms with Crippen LogP contribution in [-0.4, -0.2) is 87.2 Å². The van der Waals surface area contributed by atoms with Crippen molar-refractivity contribution in [3.05, 3.63) is 0 Å². The van der Waals surface area contributed by atoms with Gasteiger partial charge in [0.05, 0.1) is 6.54 Å². The molecule has 2 amide bonds. The molecule has 0 radical (unpaired) electrons. The van der Waals surface area contributed by atoms with Gasteiger partial charge in [0, 0.05) is 53.0 Å². The van der Waals surface area contributed by atoms with Crippen LogP contribution in [0, 0.1) is 0 Å². The summed E-state index contributed by atoms with van der Waals surface area (Å²) in [5.41, 5.74) is 0. The molecule has 0 aliphatic carbocycles. The summed E-state index contributed by atoms with van der Waals surface area (Å²) in [5, 5.41) is 6.27. The van der Waals surface area contributed by atoms with E-state index in [0.717, 1.165) is 19.4 Å². The summed E-state index contributed by atoms with van der Waals surface area (Å²) < 4.78 is 5.29. The lowest BCUT2D eigenvalue weighted by Crippen LogP contribution is -2.59. The van der Waals surface area contributed by atoms with Gasteiger partial charge in [-0.15, -0.1) is 0 Å². The Morgan fingerprint density at radius 2 is 2.05 bits per heavy atom. The Morgan fingerprint density at radius 3 is 2.71 bits per heavy atom. The van der Waals surface area contributed by atoms with Gasteiger partial charge in [0.25, 0.3) is 0 Å². The van der Waals surface area contributed by atoms with E-state index in [1.165, 1.54) is 0 Å². The predicted octanol–water partition coefficient (Wildman–Crippen LogP) is -1.36. The minimum absolute atomic E-state index is 0.000330. The highest BCUT2D eigenvalue weighted by Gasteiger charge is 2.31. The topological polar surface area (TPSA) is 73.9 Å². The van der Waals surface area contributed by atoms with Crippen LogP contribution in [0.4, 0.5) is 0 Å². The Kier molecular flexibility index (Phi) is 5.96. The molecule has 0 aromatic carbocycles. The van der Waals surface area contributed by atoms with Gasteiger partial charge < -0.3 is 20.3 Å². The molecule has 0 spiro atoms. The number of hydrogen-bond acceptors (Lipinski definition) is 5. The van der Waals surface area contributed by atoms with Crippen molar-refractivity contribution in [1.29, 1.82) is 0 Å². The number of hydrogen-bond donors (Lipinski definition) is 2. The van der Waals surface area contributed by atoms with Gasteiger partial charge in [0.15, 0.2) is 0 Å². The highest BCUT2D eigenvalue weighted by molar-refractivity contribution is 5.83. The van der Waals surface area contributed by atoms with E-state index in [0.29, 0.717) is 26.3 Å². The zero-order valence-corrected chi connectivity index (χ0v) is 12.9. The molecule has 0 bridgehead atoms. The molecule has 0 aromatic heterocycles. The molecule has 2 N–H and O–H groups in total. The largest absolute Gasteiger partial charge is 0.381 e. The molecule has 7 heteroatoms. The summed E-state index contributed by atoms with van der Waals surface area (Å²) in [6.07, 6.45) is 1.74. The number of likely N-dealkylation sites (N-methyl/N-ethyl adjacent to an activating group) is 1. The fourth-order valence-corrected chi connectivity index (χ4v) is 2.78. The molecular formula is C14H26N4O3. The Balaban J connectivity index is 1.86. The van der Waals surface area contributed by atoms with E-state index in [1.807, 2.05) is 4.90 Å². The average Bonchev–Trinajstić information content (AvgIpc) is 2.48. The van der Waals surface area contributed by atoms with E-state index in [9.17, 15) is 9.59 Å². The fraction of sp³-hybridized carbons (Fsp3) is 0.857. The van der Waals surface area contributed by atoms with Gasteiger partial charge in [0.1, 0.15) is 6.04 Å². The molecule has 21 heavy (non-hydrogen) atoms. The monoisotopic (exact) mass is 298 g/mol. The predicted molar refractivity (Wildman–Crippen MR) is 78.9 cm³/mol. The van der Waals surface area contributed by atoms with Gasteiger partial charge in [0.2, 0.25) is 11.8 Å². The third-order valence-electron chi connectivity index (χ3n) is 4.01. The molecule has 2 saturated heterocycles. The Labute approximate surface area is 126 Å². The van der Waals surface area contributed by atoms with Crippen LogP contribution in [0.25, 0.3) is 0 Å². The Bertz CT molecular complexity index is 369. The lowest BCUT2D eigenvalue weighted by molar-refractivity contribution is -0.136. The van der Waals surface area contributed by atoms with Gasteiger partial charge in [-0.1, -0.05) is 0 Å². The molecule has 2 rings (SSSR count). The Morgan fingerprint density at radius 1 is 1.33 bits per heavy atom. The van der Waals surface area contributed by atoms with Crippen molar-refractivity contribution in [2.24, 2.45) is 0 Å². The maximum absolute atomic E-state index is 12.2. The van der Waals surface area contributed by atoms with E-state index in [-0.39, 0.29) is 30.4 Å². The second-order valence-electron chi connectivity index (χ2n) is 5.88. The first-order valence-corrected chi connectivity index (χ1v) is 7.61. The SMILES string of the molecule is CN(C)C(=O)C1CNCCN1CC(=O)NC1CCOCC1. The van der Waals surface area contributed by atoms with E-state index in [4.69, 9.17) is 4.74 Å². The van der Waals surface area contributed by atoms with Crippen LogP contribution in [0.15, 0.2) is 0 Å². The lowest BCUT2D eigenvalue weighted by atomic mass is 10.1. The molecule has 0 saturated carbocycles. The zero-order valence-electron chi connectivity index (χ0n) is 12.9. The first-order chi connectivity index (χ1) is 10.1. The van der Waals surface area contributed by atoms with Crippen LogP contribution in [0.5, 0.6) is 0 Å². The van der Waals surface area contributed by atoms with Crippen LogP contribution in [0.1, 0.15) is 12.8 Å². The van der Waals surface area contributed by atoms with Crippen molar-refractivity contribution in [1.82, 2.24) is 20.4 Å². The lowest BCUT2D eigenvalue weighted by Gasteiger charge is -2.36. The quantitative estimate of drug-likeness (QED) is 0.671. The maximum atomic E-state index is 12.2. The molecular weight excluding hydrogens is 272 g/mol. The second-order valence-corrected chi connectivity index (χ2v) is 5.88. The van der Waals surface area contributed by atoms with E-state index in [1.54, 1.807) is 19.0 Å². The van der Waals surface area contributed by atoms with Crippen molar-refractivity contribution >= 4 is 11.8 Å². The number of carbonyl (C=O) groups is 2. The Hall–Kier alpha value is -1.18. The van der Waals surface area contributed by atoms with Gasteiger partial charge >= 0.3 is 0 Å². The highest BCUT2D eigenvalue weighted by Crippen LogP contribution is 2.08. The van der Waals surface area contributed by atoms with Gasteiger partial charge in [-0.2, -0.15) is 0 Å². The summed E-state index contributed by atoms with van der Waals surface area (Å²) >= 11 is 0. The number of piperazine rings is 1. The van der Waals surface area contributed by atoms with Crippen molar-refractivity contribution in [2.75, 3.05) is 53.5 Å². The minimum Gasteiger partial charge on any atom is -0.381 e. The maximum Gasteiger partial charge on any atom is 0.240 e. The highest BCUT2D eigenvalue weighted by atomic mass is 16.5. The molecule has 7 nitrogen and oxygen atoms in total. The summed E-state index contributed by atoms with van der Waals surface area (Å²) in [5.74, 6) is 0.0430. The summed E-state index contributed by atoms with van der Waals surface area (Å²) in [6.45, 7) is 3.82. The minimum atomic E-state index is -0.255. The molecule has 0 aromatic rings. The molecule has 2 aliphatic heterocycles. The first kappa shape index (κ1) is 16.2. The summed E-state index contributed by atoms with van der Waals surface area (Å²) in [6, 6.07) is -0.0497. The van der Waals surface area contributed by atoms with Crippen molar-refractivity contribution in [3.8, 4) is 0 Å². The van der Waals surface area contributed by atoms with E-state index >= 15 is 0 Å². The van der Waals surface area contributed by atoms with Crippen molar-refractivity contribution in [3.63, 3.8) is 0 Å². The van der Waals surface area contributed by atoms with Crippen LogP contribution in [0.3, 0.4) is 0 Å². The molecule has 1 atom stereocenters. The number of rotatable bonds is 4. The number of carbonyl (C=O) groups excluding carboxylic acids is 2. The standard InChI is InChI=1S/C14H26N4O3/c1-17(2)14(20)12-9-15-5-6-18(12)10-13(19)16-11-3-7-21-8-4-11/h11-12,15H,3-10H2,1-2H3,(H,16,19). The zero-order chi connectivity index (χ0) is 15.2. The first-order valence-electron chi connectivity index (χ1n) is 7.61. The smallest absolute Gasteiger partial charge is 0.240 e.